The van der Waals surface area contributed by atoms with Gasteiger partial charge in [0, 0.05) is 23.4 Å². The molecule has 1 aliphatic heterocycles. The molecule has 1 fully saturated rings. The summed E-state index contributed by atoms with van der Waals surface area (Å²) in [5.41, 5.74) is 0. The Balaban J connectivity index is 2.25. The largest absolute Gasteiger partial charge is 0.462 e. The van der Waals surface area contributed by atoms with Crippen molar-refractivity contribution in [3.63, 3.8) is 0 Å². The maximum atomic E-state index is 14.0. The first-order valence-corrected chi connectivity index (χ1v) is 12.7. The molecule has 0 amide bonds. The first-order chi connectivity index (χ1) is 15.1. The predicted octanol–water partition coefficient (Wildman–Crippen LogP) is 5.92. The number of hydrogen-bond donors (Lipinski definition) is 0. The van der Waals surface area contributed by atoms with E-state index in [2.05, 4.69) is 43.4 Å². The summed E-state index contributed by atoms with van der Waals surface area (Å²) in [5.74, 6) is 0.657. The maximum absolute atomic E-state index is 14.0. The molecule has 0 radical (unpaired) electrons. The lowest BCUT2D eigenvalue weighted by Crippen LogP contribution is -2.62. The molecule has 0 N–H and O–H groups in total. The van der Waals surface area contributed by atoms with Crippen molar-refractivity contribution in [1.82, 2.24) is 0 Å². The monoisotopic (exact) mass is 552 g/mol. The van der Waals surface area contributed by atoms with Gasteiger partial charge in [0.25, 0.3) is 0 Å². The van der Waals surface area contributed by atoms with Crippen molar-refractivity contribution in [2.24, 2.45) is 0 Å². The molecule has 1 heterocycles. The fourth-order valence-electron chi connectivity index (χ4n) is 3.40. The molecule has 5 nitrogen and oxygen atoms in total. The normalized spacial score (nSPS) is 26.2. The Labute approximate surface area is 200 Å². The number of hydrogen-bond acceptors (Lipinski definition) is 5. The number of unbranched alkanes of at least 4 members (excludes halogenated alkanes) is 3. The molecule has 0 saturated carbocycles. The van der Waals surface area contributed by atoms with E-state index in [1.165, 1.54) is 0 Å². The van der Waals surface area contributed by atoms with Gasteiger partial charge in [-0.1, -0.05) is 40.0 Å². The van der Waals surface area contributed by atoms with E-state index in [0.717, 1.165) is 42.1 Å². The third-order valence-corrected chi connectivity index (χ3v) is 5.95. The van der Waals surface area contributed by atoms with Crippen LogP contribution in [0, 0.1) is 3.57 Å². The average Bonchev–Trinajstić information content (AvgIpc) is 2.78. The van der Waals surface area contributed by atoms with Gasteiger partial charge in [0.1, 0.15) is 36.8 Å². The van der Waals surface area contributed by atoms with Crippen LogP contribution in [0.5, 0.6) is 5.75 Å². The van der Waals surface area contributed by atoms with Crippen LogP contribution in [0.1, 0.15) is 59.3 Å². The molecule has 2 rings (SSSR count). The van der Waals surface area contributed by atoms with Crippen LogP contribution < -0.4 is 4.74 Å². The first-order valence-electron chi connectivity index (χ1n) is 11.6. The van der Waals surface area contributed by atoms with E-state index >= 15 is 0 Å². The van der Waals surface area contributed by atoms with Gasteiger partial charge in [-0.3, -0.25) is 0 Å². The van der Waals surface area contributed by atoms with E-state index in [4.69, 9.17) is 23.7 Å². The van der Waals surface area contributed by atoms with Gasteiger partial charge >= 0.3 is 0 Å². The molecule has 1 aromatic rings. The molecular formula is C24H38FIO5. The Morgan fingerprint density at radius 3 is 1.84 bits per heavy atom. The second-order valence-electron chi connectivity index (χ2n) is 7.84. The maximum Gasteiger partial charge on any atom is 0.229 e. The van der Waals surface area contributed by atoms with Crippen LogP contribution in [0.25, 0.3) is 0 Å². The molecule has 178 valence electrons. The highest BCUT2D eigenvalue weighted by Crippen LogP contribution is 2.31. The topological polar surface area (TPSA) is 46.2 Å². The fourth-order valence-corrected chi connectivity index (χ4v) is 3.76. The van der Waals surface area contributed by atoms with Crippen molar-refractivity contribution in [3.8, 4) is 5.75 Å². The zero-order valence-corrected chi connectivity index (χ0v) is 21.2. The summed E-state index contributed by atoms with van der Waals surface area (Å²) in [4.78, 5) is 0. The number of ether oxygens (including phenoxy) is 5. The summed E-state index contributed by atoms with van der Waals surface area (Å²) in [6.45, 7) is 7.34. The molecule has 1 aliphatic rings. The second kappa shape index (κ2) is 15.4. The van der Waals surface area contributed by atoms with E-state index in [-0.39, 0.29) is 0 Å². The Kier molecular flexibility index (Phi) is 13.3. The fraction of sp³-hybridized carbons (Fsp3) is 0.750. The van der Waals surface area contributed by atoms with Crippen LogP contribution in [0.4, 0.5) is 4.39 Å². The van der Waals surface area contributed by atoms with E-state index in [9.17, 15) is 4.39 Å². The van der Waals surface area contributed by atoms with E-state index in [0.29, 0.717) is 25.6 Å². The third kappa shape index (κ3) is 8.76. The molecule has 1 aromatic carbocycles. The van der Waals surface area contributed by atoms with E-state index in [1.54, 1.807) is 0 Å². The number of benzene rings is 1. The highest BCUT2D eigenvalue weighted by Gasteiger charge is 2.49. The summed E-state index contributed by atoms with van der Waals surface area (Å²) in [5, 5.41) is 0. The Morgan fingerprint density at radius 1 is 0.806 bits per heavy atom. The summed E-state index contributed by atoms with van der Waals surface area (Å²) in [6, 6.07) is 7.69. The van der Waals surface area contributed by atoms with E-state index < -0.39 is 37.4 Å². The van der Waals surface area contributed by atoms with Crippen LogP contribution in [0.15, 0.2) is 24.3 Å². The van der Waals surface area contributed by atoms with Crippen LogP contribution in [0.2, 0.25) is 0 Å². The molecule has 0 aliphatic carbocycles. The molecule has 0 aromatic heterocycles. The van der Waals surface area contributed by atoms with Crippen molar-refractivity contribution < 1.29 is 28.1 Å². The Bertz CT molecular complexity index is 588. The van der Waals surface area contributed by atoms with Crippen molar-refractivity contribution in [1.29, 1.82) is 0 Å². The molecule has 0 unspecified atom stereocenters. The predicted molar refractivity (Wildman–Crippen MR) is 128 cm³/mol. The highest BCUT2D eigenvalue weighted by atomic mass is 127. The average molecular weight is 552 g/mol. The van der Waals surface area contributed by atoms with Crippen molar-refractivity contribution in [3.05, 3.63) is 27.8 Å². The molecule has 31 heavy (non-hydrogen) atoms. The van der Waals surface area contributed by atoms with Crippen molar-refractivity contribution >= 4 is 22.6 Å². The zero-order valence-electron chi connectivity index (χ0n) is 19.1. The van der Waals surface area contributed by atoms with Crippen molar-refractivity contribution in [2.75, 3.05) is 26.5 Å². The molecule has 7 heteroatoms. The lowest BCUT2D eigenvalue weighted by atomic mass is 9.98. The molecule has 0 bridgehead atoms. The van der Waals surface area contributed by atoms with Crippen LogP contribution in [-0.2, 0) is 18.9 Å². The summed E-state index contributed by atoms with van der Waals surface area (Å²) in [7, 11) is 0. The molecule has 0 spiro atoms. The first kappa shape index (κ1) is 26.8. The molecule has 5 atom stereocenters. The zero-order chi connectivity index (χ0) is 22.5. The van der Waals surface area contributed by atoms with Gasteiger partial charge in [-0.25, -0.2) is 4.39 Å². The summed E-state index contributed by atoms with van der Waals surface area (Å²) >= 11 is 2.25. The van der Waals surface area contributed by atoms with Gasteiger partial charge in [-0.05, 0) is 66.1 Å². The van der Waals surface area contributed by atoms with Gasteiger partial charge in [0.05, 0.1) is 0 Å². The standard InChI is InChI=1S/C24H38FIO5/c1-4-7-14-27-21-20(17-25)31-24(30-19-12-10-18(26)11-13-19)23(29-16-9-6-3)22(21)28-15-8-5-2/h10-13,20-24H,4-9,14-17H2,1-3H3/t20-,21-,22+,23+,24+/m1/s1. The Hall–Kier alpha value is -0.480. The van der Waals surface area contributed by atoms with E-state index in [1.807, 2.05) is 24.3 Å². The lowest BCUT2D eigenvalue weighted by molar-refractivity contribution is -0.300. The van der Waals surface area contributed by atoms with Gasteiger partial charge in [0.2, 0.25) is 6.29 Å². The van der Waals surface area contributed by atoms with Crippen LogP contribution in [-0.4, -0.2) is 57.2 Å². The quantitative estimate of drug-likeness (QED) is 0.200. The second-order valence-corrected chi connectivity index (χ2v) is 9.08. The highest BCUT2D eigenvalue weighted by molar-refractivity contribution is 14.1. The van der Waals surface area contributed by atoms with Crippen LogP contribution >= 0.6 is 22.6 Å². The van der Waals surface area contributed by atoms with Gasteiger partial charge in [-0.2, -0.15) is 0 Å². The minimum absolute atomic E-state index is 0.455. The van der Waals surface area contributed by atoms with Gasteiger partial charge in [0.15, 0.2) is 0 Å². The number of alkyl halides is 1. The van der Waals surface area contributed by atoms with Gasteiger partial charge in [-0.15, -0.1) is 0 Å². The van der Waals surface area contributed by atoms with Gasteiger partial charge < -0.3 is 23.7 Å². The van der Waals surface area contributed by atoms with Crippen LogP contribution in [0.3, 0.4) is 0 Å². The summed E-state index contributed by atoms with van der Waals surface area (Å²) in [6.07, 6.45) is 2.76. The third-order valence-electron chi connectivity index (χ3n) is 5.23. The van der Waals surface area contributed by atoms with Crippen molar-refractivity contribution in [2.45, 2.75) is 90.0 Å². The molecule has 1 saturated heterocycles. The minimum Gasteiger partial charge on any atom is -0.462 e. The molecular weight excluding hydrogens is 514 g/mol. The number of rotatable bonds is 15. The number of halogens is 2. The minimum atomic E-state index is -0.768. The lowest BCUT2D eigenvalue weighted by Gasteiger charge is -2.45. The summed E-state index contributed by atoms with van der Waals surface area (Å²) < 4.78 is 45.9. The Morgan fingerprint density at radius 2 is 1.32 bits per heavy atom. The smallest absolute Gasteiger partial charge is 0.229 e. The SMILES string of the molecule is CCCCO[C@@H]1[C@H](OCCCC)[C@@H](Oc2ccc(I)cc2)O[C@H](CF)[C@H]1OCCCC.